The number of hydrogen-bond donors (Lipinski definition) is 0. The molecule has 0 aliphatic heterocycles. The van der Waals surface area contributed by atoms with Crippen LogP contribution in [0.1, 0.15) is 17.3 Å². The summed E-state index contributed by atoms with van der Waals surface area (Å²) in [6.07, 6.45) is 0. The number of fused-ring (bicyclic) bond motifs is 1. The number of hydrogen-bond acceptors (Lipinski definition) is 4. The van der Waals surface area contributed by atoms with Crippen LogP contribution >= 0.6 is 11.3 Å². The molecule has 0 radical (unpaired) electrons. The molecule has 2 aromatic carbocycles. The molecule has 3 aromatic rings. The van der Waals surface area contributed by atoms with Gasteiger partial charge in [0, 0.05) is 12.6 Å². The minimum Gasteiger partial charge on any atom is -0.497 e. The fourth-order valence-electron chi connectivity index (χ4n) is 2.59. The van der Waals surface area contributed by atoms with Crippen LogP contribution in [-0.4, -0.2) is 24.7 Å². The van der Waals surface area contributed by atoms with Gasteiger partial charge < -0.3 is 14.0 Å². The van der Waals surface area contributed by atoms with Crippen molar-refractivity contribution in [3.05, 3.63) is 52.6 Å². The molecule has 0 aliphatic carbocycles. The van der Waals surface area contributed by atoms with Gasteiger partial charge in [0.05, 0.1) is 30.0 Å². The highest BCUT2D eigenvalue weighted by Crippen LogP contribution is 2.25. The number of benzene rings is 2. The molecule has 0 aliphatic rings. The predicted octanol–water partition coefficient (Wildman–Crippen LogP) is 3.62. The van der Waals surface area contributed by atoms with Crippen LogP contribution in [0.5, 0.6) is 11.5 Å². The number of ether oxygens (including phenoxy) is 2. The second-order valence-electron chi connectivity index (χ2n) is 5.20. The first-order valence-electron chi connectivity index (χ1n) is 7.68. The highest BCUT2D eigenvalue weighted by atomic mass is 32.1. The number of para-hydroxylation sites is 1. The van der Waals surface area contributed by atoms with Crippen LogP contribution < -0.4 is 14.3 Å². The summed E-state index contributed by atoms with van der Waals surface area (Å²) < 4.78 is 27.0. The van der Waals surface area contributed by atoms with E-state index in [9.17, 15) is 9.18 Å². The summed E-state index contributed by atoms with van der Waals surface area (Å²) in [5.41, 5.74) is 0.784. The smallest absolute Gasteiger partial charge is 0.283 e. The molecule has 0 bridgehead atoms. The molecule has 0 saturated carbocycles. The summed E-state index contributed by atoms with van der Waals surface area (Å²) in [7, 11) is 3.02. The molecule has 1 aromatic heterocycles. The first-order valence-corrected chi connectivity index (χ1v) is 8.49. The molecule has 0 fully saturated rings. The summed E-state index contributed by atoms with van der Waals surface area (Å²) in [5.74, 6) is 0.185. The Hall–Kier alpha value is -2.67. The van der Waals surface area contributed by atoms with E-state index in [0.717, 1.165) is 4.70 Å². The van der Waals surface area contributed by atoms with E-state index in [4.69, 9.17) is 9.47 Å². The highest BCUT2D eigenvalue weighted by molar-refractivity contribution is 7.16. The molecule has 0 spiro atoms. The first kappa shape index (κ1) is 17.2. The zero-order valence-corrected chi connectivity index (χ0v) is 14.9. The summed E-state index contributed by atoms with van der Waals surface area (Å²) in [6.45, 7) is 2.39. The van der Waals surface area contributed by atoms with Crippen LogP contribution in [0, 0.1) is 5.82 Å². The number of amides is 1. The number of methoxy groups -OCH3 is 2. The Kier molecular flexibility index (Phi) is 4.85. The van der Waals surface area contributed by atoms with Gasteiger partial charge in [0.25, 0.3) is 5.91 Å². The summed E-state index contributed by atoms with van der Waals surface area (Å²) in [4.78, 5) is 17.3. The van der Waals surface area contributed by atoms with Crippen molar-refractivity contribution in [1.29, 1.82) is 0 Å². The Morgan fingerprint density at radius 2 is 2.04 bits per heavy atom. The minimum absolute atomic E-state index is 0.323. The molecule has 130 valence electrons. The van der Waals surface area contributed by atoms with Crippen molar-refractivity contribution in [2.45, 2.75) is 13.5 Å². The Bertz CT molecular complexity index is 1010. The van der Waals surface area contributed by atoms with E-state index in [-0.39, 0.29) is 5.82 Å². The molecule has 0 unspecified atom stereocenters. The first-order chi connectivity index (χ1) is 12.1. The second kappa shape index (κ2) is 7.06. The van der Waals surface area contributed by atoms with Gasteiger partial charge in [0.1, 0.15) is 17.3 Å². The average molecular weight is 360 g/mol. The van der Waals surface area contributed by atoms with Gasteiger partial charge in [-0.2, -0.15) is 4.99 Å². The van der Waals surface area contributed by atoms with E-state index in [1.807, 2.05) is 13.0 Å². The third kappa shape index (κ3) is 3.15. The van der Waals surface area contributed by atoms with Gasteiger partial charge >= 0.3 is 0 Å². The van der Waals surface area contributed by atoms with E-state index in [1.165, 1.54) is 31.6 Å². The maximum atomic E-state index is 14.1. The van der Waals surface area contributed by atoms with Gasteiger partial charge in [-0.1, -0.05) is 17.4 Å². The van der Waals surface area contributed by atoms with Gasteiger partial charge in [-0.25, -0.2) is 4.39 Å². The monoisotopic (exact) mass is 360 g/mol. The molecule has 25 heavy (non-hydrogen) atoms. The normalized spacial score (nSPS) is 11.8. The van der Waals surface area contributed by atoms with Gasteiger partial charge in [-0.15, -0.1) is 0 Å². The number of aromatic nitrogens is 1. The molecule has 0 atom stereocenters. The molecule has 1 heterocycles. The van der Waals surface area contributed by atoms with Crippen LogP contribution in [-0.2, 0) is 6.54 Å². The SMILES string of the molecule is CCn1c(=NC(=O)c2ccc(OC)cc2OC)sc2cccc(F)c21. The van der Waals surface area contributed by atoms with Crippen molar-refractivity contribution in [3.63, 3.8) is 0 Å². The molecule has 1 amide bonds. The Morgan fingerprint density at radius 1 is 1.24 bits per heavy atom. The van der Waals surface area contributed by atoms with E-state index in [2.05, 4.69) is 4.99 Å². The molecular weight excluding hydrogens is 343 g/mol. The maximum Gasteiger partial charge on any atom is 0.283 e. The number of carbonyl (C=O) groups is 1. The zero-order valence-electron chi connectivity index (χ0n) is 14.1. The number of aryl methyl sites for hydroxylation is 1. The van der Waals surface area contributed by atoms with E-state index < -0.39 is 5.91 Å². The number of thiazole rings is 1. The molecule has 7 heteroatoms. The van der Waals surface area contributed by atoms with Crippen molar-refractivity contribution >= 4 is 27.5 Å². The lowest BCUT2D eigenvalue weighted by atomic mass is 10.2. The maximum absolute atomic E-state index is 14.1. The Labute approximate surface area is 148 Å². The second-order valence-corrected chi connectivity index (χ2v) is 6.21. The van der Waals surface area contributed by atoms with Crippen LogP contribution in [0.3, 0.4) is 0 Å². The van der Waals surface area contributed by atoms with Crippen molar-refractivity contribution in [3.8, 4) is 11.5 Å². The van der Waals surface area contributed by atoms with Crippen molar-refractivity contribution < 1.29 is 18.7 Å². The summed E-state index contributed by atoms with van der Waals surface area (Å²) >= 11 is 1.28. The zero-order chi connectivity index (χ0) is 18.0. The minimum atomic E-state index is -0.450. The molecule has 5 nitrogen and oxygen atoms in total. The number of rotatable bonds is 4. The van der Waals surface area contributed by atoms with Crippen LogP contribution in [0.2, 0.25) is 0 Å². The fraction of sp³-hybridized carbons (Fsp3) is 0.222. The Morgan fingerprint density at radius 3 is 2.72 bits per heavy atom. The number of carbonyl (C=O) groups excluding carboxylic acids is 1. The fourth-order valence-corrected chi connectivity index (χ4v) is 3.69. The third-order valence-electron chi connectivity index (χ3n) is 3.80. The third-order valence-corrected chi connectivity index (χ3v) is 4.85. The average Bonchev–Trinajstić information content (AvgIpc) is 2.99. The van der Waals surface area contributed by atoms with Gasteiger partial charge in [0.2, 0.25) is 0 Å². The van der Waals surface area contributed by atoms with Gasteiger partial charge in [0.15, 0.2) is 4.80 Å². The molecule has 3 rings (SSSR count). The van der Waals surface area contributed by atoms with Crippen LogP contribution in [0.25, 0.3) is 10.2 Å². The molecule has 0 saturated heterocycles. The molecular formula is C18H17FN2O3S. The topological polar surface area (TPSA) is 52.8 Å². The summed E-state index contributed by atoms with van der Waals surface area (Å²) in [6, 6.07) is 9.76. The molecule has 0 N–H and O–H groups in total. The van der Waals surface area contributed by atoms with Crippen LogP contribution in [0.15, 0.2) is 41.4 Å². The van der Waals surface area contributed by atoms with Gasteiger partial charge in [-0.3, -0.25) is 4.79 Å². The quantitative estimate of drug-likeness (QED) is 0.714. The number of nitrogens with zero attached hydrogens (tertiary/aromatic N) is 2. The van der Waals surface area contributed by atoms with Crippen LogP contribution in [0.4, 0.5) is 4.39 Å². The lowest BCUT2D eigenvalue weighted by Crippen LogP contribution is -2.16. The van der Waals surface area contributed by atoms with Crippen molar-refractivity contribution in [2.75, 3.05) is 14.2 Å². The van der Waals surface area contributed by atoms with E-state index >= 15 is 0 Å². The predicted molar refractivity (Wildman–Crippen MR) is 94.9 cm³/mol. The number of halogens is 1. The van der Waals surface area contributed by atoms with Crippen molar-refractivity contribution in [2.24, 2.45) is 4.99 Å². The summed E-state index contributed by atoms with van der Waals surface area (Å²) in [5, 5.41) is 0. The standard InChI is InChI=1S/C18H17FN2O3S/c1-4-21-16-13(19)6-5-7-15(16)25-18(21)20-17(22)12-9-8-11(23-2)10-14(12)24-3/h5-10H,4H2,1-3H3. The highest BCUT2D eigenvalue weighted by Gasteiger charge is 2.15. The lowest BCUT2D eigenvalue weighted by Gasteiger charge is -2.07. The van der Waals surface area contributed by atoms with Crippen molar-refractivity contribution in [1.82, 2.24) is 4.57 Å². The van der Waals surface area contributed by atoms with Gasteiger partial charge in [-0.05, 0) is 31.2 Å². The van der Waals surface area contributed by atoms with E-state index in [1.54, 1.807) is 28.8 Å². The Balaban J connectivity index is 2.14. The largest absolute Gasteiger partial charge is 0.497 e. The lowest BCUT2D eigenvalue weighted by molar-refractivity contribution is 0.0995. The van der Waals surface area contributed by atoms with E-state index in [0.29, 0.717) is 33.9 Å².